The molecule has 0 unspecified atom stereocenters. The van der Waals surface area contributed by atoms with Crippen LogP contribution in [0.1, 0.15) is 0 Å². The molecule has 1 nitrogen and oxygen atoms in total. The van der Waals surface area contributed by atoms with Gasteiger partial charge in [-0.1, -0.05) is 6.07 Å². The molecule has 1 heteroatoms. The van der Waals surface area contributed by atoms with Crippen molar-refractivity contribution in [3.63, 3.8) is 0 Å². The largest absolute Gasteiger partial charge is 0.265 e. The average molecular weight is 84.1 g/mol. The van der Waals surface area contributed by atoms with Crippen LogP contribution < -0.4 is 0 Å². The van der Waals surface area contributed by atoms with E-state index in [4.69, 9.17) is 0 Å². The Hall–Kier alpha value is -0.850. The van der Waals surface area contributed by atoms with Gasteiger partial charge in [0, 0.05) is 12.4 Å². The van der Waals surface area contributed by atoms with Crippen molar-refractivity contribution >= 4 is 0 Å². The summed E-state index contributed by atoms with van der Waals surface area (Å²) in [7, 11) is 0. The van der Waals surface area contributed by atoms with Gasteiger partial charge in [-0.05, 0) is 12.1 Å². The zero-order chi connectivity index (χ0) is 4.24. The van der Waals surface area contributed by atoms with E-state index < -0.39 is 0 Å². The Bertz CT molecular complexity index is 75.9. The van der Waals surface area contributed by atoms with Crippen LogP contribution in [0.2, 0.25) is 0 Å². The molecule has 30 valence electrons. The van der Waals surface area contributed by atoms with Crippen molar-refractivity contribution in [3.05, 3.63) is 30.6 Å². The molecular weight excluding hydrogens is 79.0 g/mol. The lowest BCUT2D eigenvalue weighted by molar-refractivity contribution is 1.33. The Morgan fingerprint density at radius 2 is 1.50 bits per heavy atom. The van der Waals surface area contributed by atoms with Crippen molar-refractivity contribution in [3.8, 4) is 0 Å². The van der Waals surface area contributed by atoms with Gasteiger partial charge in [-0.3, -0.25) is 4.98 Å². The van der Waals surface area contributed by atoms with Crippen molar-refractivity contribution in [2.75, 3.05) is 0 Å². The second kappa shape index (κ2) is 1.55. The number of nitrogens with zero attached hydrogens (tertiary/aromatic N) is 1. The molecule has 0 atom stereocenters. The zero-order valence-corrected chi connectivity index (χ0v) is 3.33. The number of rotatable bonds is 0. The Morgan fingerprint density at radius 3 is 1.67 bits per heavy atom. The number of hydrogen-bond donors (Lipinski definition) is 0. The quantitative estimate of drug-likeness (QED) is 0.458. The van der Waals surface area contributed by atoms with E-state index in [9.17, 15) is 0 Å². The van der Waals surface area contributed by atoms with Crippen LogP contribution in [-0.2, 0) is 0 Å². The second-order valence-corrected chi connectivity index (χ2v) is 1.02. The fourth-order valence-electron chi connectivity index (χ4n) is 0.313. The van der Waals surface area contributed by atoms with E-state index in [-0.39, 0.29) is 0 Å². The zero-order valence-electron chi connectivity index (χ0n) is 3.33. The molecule has 0 bridgehead atoms. The molecule has 0 N–H and O–H groups in total. The SMILES string of the molecule is [13cH]1[13cH][13cH]n[13cH][13cH]1. The van der Waals surface area contributed by atoms with Gasteiger partial charge in [-0.25, -0.2) is 0 Å². The van der Waals surface area contributed by atoms with Crippen LogP contribution in [0.3, 0.4) is 0 Å². The lowest BCUT2D eigenvalue weighted by atomic mass is 11.5. The van der Waals surface area contributed by atoms with E-state index in [1.54, 1.807) is 12.4 Å². The summed E-state index contributed by atoms with van der Waals surface area (Å²) in [6, 6.07) is 5.72. The Kier molecular flexibility index (Phi) is 0.865. The van der Waals surface area contributed by atoms with Crippen LogP contribution in [0.5, 0.6) is 0 Å². The van der Waals surface area contributed by atoms with E-state index in [2.05, 4.69) is 4.98 Å². The first-order valence-corrected chi connectivity index (χ1v) is 1.85. The fraction of sp³-hybridized carbons (Fsp3) is 0. The highest BCUT2D eigenvalue weighted by atomic mass is 15.0. The Balaban J connectivity index is 3.00. The minimum atomic E-state index is 1.75. The third kappa shape index (κ3) is 0.549. The van der Waals surface area contributed by atoms with E-state index in [1.165, 1.54) is 0 Å². The van der Waals surface area contributed by atoms with Crippen LogP contribution in [0.15, 0.2) is 30.6 Å². The summed E-state index contributed by atoms with van der Waals surface area (Å²) in [5.41, 5.74) is 0. The predicted molar refractivity (Wildman–Crippen MR) is 24.2 cm³/mol. The summed E-state index contributed by atoms with van der Waals surface area (Å²) in [5, 5.41) is 0. The highest BCUT2D eigenvalue weighted by Crippen LogP contribution is 1.73. The fourth-order valence-corrected chi connectivity index (χ4v) is 0.313. The molecule has 0 saturated heterocycles. The van der Waals surface area contributed by atoms with Crippen molar-refractivity contribution < 1.29 is 0 Å². The molecule has 1 aromatic rings. The van der Waals surface area contributed by atoms with Crippen molar-refractivity contribution in [2.24, 2.45) is 0 Å². The minimum Gasteiger partial charge on any atom is -0.265 e. The van der Waals surface area contributed by atoms with Gasteiger partial charge in [0.2, 0.25) is 0 Å². The van der Waals surface area contributed by atoms with E-state index >= 15 is 0 Å². The van der Waals surface area contributed by atoms with Gasteiger partial charge in [0.1, 0.15) is 0 Å². The standard InChI is InChI=1S/C5H5N/c1-2-4-6-5-3-1/h1-5H/i1+1,2+1,3+1,4+1,5+1. The average Bonchev–Trinajstić information content (AvgIpc) is 1.72. The summed E-state index contributed by atoms with van der Waals surface area (Å²) < 4.78 is 0. The van der Waals surface area contributed by atoms with Crippen molar-refractivity contribution in [1.82, 2.24) is 4.98 Å². The summed E-state index contributed by atoms with van der Waals surface area (Å²) in [6.45, 7) is 0. The normalized spacial score (nSPS) is 8.00. The number of pyridine rings is 1. The lowest BCUT2D eigenvalue weighted by Gasteiger charge is -1.70. The number of aromatic nitrogens is 1. The van der Waals surface area contributed by atoms with Crippen LogP contribution in [-0.4, -0.2) is 4.98 Å². The summed E-state index contributed by atoms with van der Waals surface area (Å²) >= 11 is 0. The first kappa shape index (κ1) is 3.34. The summed E-state index contributed by atoms with van der Waals surface area (Å²) in [5.74, 6) is 0. The van der Waals surface area contributed by atoms with Crippen LogP contribution >= 0.6 is 0 Å². The molecule has 0 amide bonds. The third-order valence-electron chi connectivity index (χ3n) is 0.566. The highest BCUT2D eigenvalue weighted by molar-refractivity contribution is 4.88. The molecule has 0 aromatic carbocycles. The van der Waals surface area contributed by atoms with Crippen LogP contribution in [0.4, 0.5) is 0 Å². The maximum absolute atomic E-state index is 3.78. The van der Waals surface area contributed by atoms with Gasteiger partial charge >= 0.3 is 0 Å². The smallest absolute Gasteiger partial charge is 0.0267 e. The molecule has 0 fully saturated rings. The van der Waals surface area contributed by atoms with E-state index in [1.807, 2.05) is 18.2 Å². The molecular formula is C5H5N. The first-order chi connectivity index (χ1) is 3.00. The van der Waals surface area contributed by atoms with Gasteiger partial charge in [0.25, 0.3) is 0 Å². The van der Waals surface area contributed by atoms with Crippen LogP contribution in [0.25, 0.3) is 0 Å². The highest BCUT2D eigenvalue weighted by Gasteiger charge is 1.58. The topological polar surface area (TPSA) is 12.9 Å². The Morgan fingerprint density at radius 1 is 0.833 bits per heavy atom. The van der Waals surface area contributed by atoms with E-state index in [0.717, 1.165) is 0 Å². The third-order valence-corrected chi connectivity index (χ3v) is 0.566. The molecule has 0 aliphatic rings. The predicted octanol–water partition coefficient (Wildman–Crippen LogP) is 1.08. The van der Waals surface area contributed by atoms with Crippen molar-refractivity contribution in [2.45, 2.75) is 0 Å². The molecule has 1 aromatic heterocycles. The number of hydrogen-bond acceptors (Lipinski definition) is 1. The van der Waals surface area contributed by atoms with E-state index in [0.29, 0.717) is 0 Å². The minimum absolute atomic E-state index is 1.75. The van der Waals surface area contributed by atoms with Crippen molar-refractivity contribution in [1.29, 1.82) is 0 Å². The second-order valence-electron chi connectivity index (χ2n) is 1.02. The summed E-state index contributed by atoms with van der Waals surface area (Å²) in [6.07, 6.45) is 3.50. The summed E-state index contributed by atoms with van der Waals surface area (Å²) in [4.78, 5) is 3.78. The molecule has 6 heavy (non-hydrogen) atoms. The monoisotopic (exact) mass is 84.1 g/mol. The van der Waals surface area contributed by atoms with Gasteiger partial charge in [-0.15, -0.1) is 0 Å². The molecule has 1 heterocycles. The molecule has 1 rings (SSSR count). The van der Waals surface area contributed by atoms with Gasteiger partial charge < -0.3 is 0 Å². The van der Waals surface area contributed by atoms with Gasteiger partial charge in [0.05, 0.1) is 0 Å². The molecule has 0 spiro atoms. The molecule has 0 aliphatic carbocycles. The Labute approximate surface area is 36.7 Å². The maximum atomic E-state index is 3.78. The van der Waals surface area contributed by atoms with Gasteiger partial charge in [0.15, 0.2) is 0 Å². The maximum Gasteiger partial charge on any atom is 0.0267 e. The van der Waals surface area contributed by atoms with Gasteiger partial charge in [-0.2, -0.15) is 0 Å². The molecule has 0 saturated carbocycles. The molecule has 0 aliphatic heterocycles. The first-order valence-electron chi connectivity index (χ1n) is 1.85. The lowest BCUT2D eigenvalue weighted by Crippen LogP contribution is -1.58. The van der Waals surface area contributed by atoms with Crippen LogP contribution in [0, 0.1) is 0 Å². The molecule has 0 radical (unpaired) electrons.